The second kappa shape index (κ2) is 17.8. The fourth-order valence-corrected chi connectivity index (χ4v) is 6.06. The Kier molecular flexibility index (Phi) is 12.5. The molecule has 0 atom stereocenters. The van der Waals surface area contributed by atoms with E-state index >= 15 is 0 Å². The number of amides is 1. The number of pyridine rings is 2. The molecule has 9 heteroatoms. The zero-order chi connectivity index (χ0) is 35.4. The molecule has 0 radical (unpaired) electrons. The van der Waals surface area contributed by atoms with Crippen molar-refractivity contribution in [3.05, 3.63) is 154 Å². The summed E-state index contributed by atoms with van der Waals surface area (Å²) in [6.45, 7) is 9.67. The molecule has 8 nitrogen and oxygen atoms in total. The van der Waals surface area contributed by atoms with Crippen molar-refractivity contribution >= 4 is 23.6 Å². The predicted octanol–water partition coefficient (Wildman–Crippen LogP) is 8.24. The summed E-state index contributed by atoms with van der Waals surface area (Å²) in [5, 5.41) is 0.736. The highest BCUT2D eigenvalue weighted by atomic mass is 35.5. The largest absolute Gasteiger partial charge is 0.487 e. The van der Waals surface area contributed by atoms with Gasteiger partial charge in [0, 0.05) is 62.3 Å². The van der Waals surface area contributed by atoms with Crippen LogP contribution < -0.4 is 9.47 Å². The van der Waals surface area contributed by atoms with Crippen LogP contribution in [0, 0.1) is 13.8 Å². The first-order valence-electron chi connectivity index (χ1n) is 17.2. The van der Waals surface area contributed by atoms with Crippen molar-refractivity contribution < 1.29 is 19.0 Å². The van der Waals surface area contributed by atoms with Gasteiger partial charge in [0.2, 0.25) is 11.8 Å². The minimum Gasteiger partial charge on any atom is -0.487 e. The Morgan fingerprint density at radius 3 is 2.16 bits per heavy atom. The Morgan fingerprint density at radius 2 is 1.47 bits per heavy atom. The summed E-state index contributed by atoms with van der Waals surface area (Å²) in [5.74, 6) is 1.93. The van der Waals surface area contributed by atoms with Gasteiger partial charge in [0.1, 0.15) is 18.1 Å². The van der Waals surface area contributed by atoms with Crippen molar-refractivity contribution in [3.8, 4) is 17.4 Å². The molecule has 1 aliphatic rings. The quantitative estimate of drug-likeness (QED) is 0.0852. The van der Waals surface area contributed by atoms with E-state index in [2.05, 4.69) is 39.1 Å². The lowest BCUT2D eigenvalue weighted by Crippen LogP contribution is -2.47. The van der Waals surface area contributed by atoms with Gasteiger partial charge in [0.05, 0.1) is 19.4 Å². The van der Waals surface area contributed by atoms with Crippen molar-refractivity contribution in [2.45, 2.75) is 40.0 Å². The van der Waals surface area contributed by atoms with Gasteiger partial charge in [-0.25, -0.2) is 4.98 Å². The molecular formula is C42H43ClN4O4. The highest BCUT2D eigenvalue weighted by Gasteiger charge is 2.20. The van der Waals surface area contributed by atoms with Crippen LogP contribution in [0.15, 0.2) is 110 Å². The Balaban J connectivity index is 0.918. The summed E-state index contributed by atoms with van der Waals surface area (Å²) in [6, 6.07) is 28.0. The number of halogens is 1. The molecule has 51 heavy (non-hydrogen) atoms. The van der Waals surface area contributed by atoms with Crippen LogP contribution in [0.25, 0.3) is 6.08 Å². The average Bonchev–Trinajstić information content (AvgIpc) is 3.15. The van der Waals surface area contributed by atoms with Gasteiger partial charge in [0.15, 0.2) is 0 Å². The van der Waals surface area contributed by atoms with E-state index in [-0.39, 0.29) is 5.91 Å². The van der Waals surface area contributed by atoms with Crippen molar-refractivity contribution in [1.82, 2.24) is 19.8 Å². The van der Waals surface area contributed by atoms with E-state index in [0.29, 0.717) is 44.5 Å². The maximum atomic E-state index is 13.1. The third-order valence-corrected chi connectivity index (χ3v) is 9.05. The van der Waals surface area contributed by atoms with Crippen molar-refractivity contribution in [2.75, 3.05) is 32.8 Å². The van der Waals surface area contributed by atoms with Crippen LogP contribution in [-0.4, -0.2) is 58.5 Å². The maximum Gasteiger partial charge on any atom is 0.246 e. The van der Waals surface area contributed by atoms with E-state index in [0.717, 1.165) is 64.6 Å². The zero-order valence-corrected chi connectivity index (χ0v) is 29.9. The second-order valence-electron chi connectivity index (χ2n) is 12.7. The monoisotopic (exact) mass is 702 g/mol. The van der Waals surface area contributed by atoms with Gasteiger partial charge in [-0.05, 0) is 108 Å². The smallest absolute Gasteiger partial charge is 0.246 e. The third kappa shape index (κ3) is 10.7. The number of hydrogen-bond donors (Lipinski definition) is 0. The minimum atomic E-state index is 0.0309. The van der Waals surface area contributed by atoms with Crippen LogP contribution in [-0.2, 0) is 35.7 Å². The Bertz CT molecular complexity index is 1870. The standard InChI is InChI=1S/C42H43ClN4O4/c1-31-25-37(26-32(2)42(31)51-40-13-12-39(27-45-40)50-30-36-15-18-44-19-16-36)9-14-41(48)47-22-20-46(21-23-47)28-34-5-3-33(4-6-34)17-24-49-29-35-7-10-38(43)11-8-35/h3-16,18-19,25-27H,17,20-24,28-30H2,1-2H3. The first-order valence-corrected chi connectivity index (χ1v) is 17.6. The Hall–Kier alpha value is -5.02. The second-order valence-corrected chi connectivity index (χ2v) is 13.2. The molecule has 5 aromatic rings. The van der Waals surface area contributed by atoms with E-state index in [1.807, 2.05) is 79.4 Å². The SMILES string of the molecule is Cc1cc(C=CC(=O)N2CCN(Cc3ccc(CCOCc4ccc(Cl)cc4)cc3)CC2)cc(C)c1Oc1ccc(OCc2ccncc2)cn1. The number of benzene rings is 3. The van der Waals surface area contributed by atoms with Crippen molar-refractivity contribution in [2.24, 2.45) is 0 Å². The molecule has 1 saturated heterocycles. The summed E-state index contributed by atoms with van der Waals surface area (Å²) < 4.78 is 17.8. The number of aryl methyl sites for hydroxylation is 2. The summed E-state index contributed by atoms with van der Waals surface area (Å²) in [6.07, 6.45) is 9.57. The normalized spacial score (nSPS) is 13.4. The van der Waals surface area contributed by atoms with Crippen LogP contribution in [0.4, 0.5) is 0 Å². The molecule has 6 rings (SSSR count). The fraction of sp³-hybridized carbons (Fsp3) is 0.262. The molecule has 0 saturated carbocycles. The van der Waals surface area contributed by atoms with Crippen molar-refractivity contribution in [1.29, 1.82) is 0 Å². The number of ether oxygens (including phenoxy) is 3. The van der Waals surface area contributed by atoms with Crippen LogP contribution in [0.2, 0.25) is 5.02 Å². The summed E-state index contributed by atoms with van der Waals surface area (Å²) >= 11 is 5.95. The predicted molar refractivity (Wildman–Crippen MR) is 201 cm³/mol. The van der Waals surface area contributed by atoms with Crippen molar-refractivity contribution in [3.63, 3.8) is 0 Å². The molecule has 262 valence electrons. The molecule has 0 aliphatic carbocycles. The number of nitrogens with zero attached hydrogens (tertiary/aromatic N) is 4. The van der Waals surface area contributed by atoms with Gasteiger partial charge in [0.25, 0.3) is 0 Å². The summed E-state index contributed by atoms with van der Waals surface area (Å²) in [5.41, 5.74) is 7.57. The van der Waals surface area contributed by atoms with Gasteiger partial charge < -0.3 is 19.1 Å². The van der Waals surface area contributed by atoms with Crippen LogP contribution in [0.3, 0.4) is 0 Å². The van der Waals surface area contributed by atoms with Crippen LogP contribution in [0.5, 0.6) is 17.4 Å². The highest BCUT2D eigenvalue weighted by Crippen LogP contribution is 2.30. The van der Waals surface area contributed by atoms with Gasteiger partial charge in [-0.2, -0.15) is 0 Å². The number of carbonyl (C=O) groups is 1. The fourth-order valence-electron chi connectivity index (χ4n) is 5.93. The molecule has 0 N–H and O–H groups in total. The van der Waals surface area contributed by atoms with E-state index in [1.165, 1.54) is 11.1 Å². The van der Waals surface area contributed by atoms with E-state index in [4.69, 9.17) is 25.8 Å². The molecule has 2 aromatic heterocycles. The number of rotatable bonds is 14. The van der Waals surface area contributed by atoms with Crippen LogP contribution in [0.1, 0.15) is 38.9 Å². The number of carbonyl (C=O) groups excluding carboxylic acids is 1. The number of aromatic nitrogens is 2. The Labute approximate surface area is 305 Å². The maximum absolute atomic E-state index is 13.1. The van der Waals surface area contributed by atoms with Gasteiger partial charge >= 0.3 is 0 Å². The topological polar surface area (TPSA) is 77.0 Å². The van der Waals surface area contributed by atoms with E-state index in [9.17, 15) is 4.79 Å². The lowest BCUT2D eigenvalue weighted by molar-refractivity contribution is -0.127. The van der Waals surface area contributed by atoms with E-state index < -0.39 is 0 Å². The molecule has 0 spiro atoms. The molecule has 1 fully saturated rings. The summed E-state index contributed by atoms with van der Waals surface area (Å²) in [7, 11) is 0. The highest BCUT2D eigenvalue weighted by molar-refractivity contribution is 6.30. The molecule has 1 aliphatic heterocycles. The summed E-state index contributed by atoms with van der Waals surface area (Å²) in [4.78, 5) is 25.8. The lowest BCUT2D eigenvalue weighted by Gasteiger charge is -2.34. The van der Waals surface area contributed by atoms with Gasteiger partial charge in [-0.15, -0.1) is 0 Å². The zero-order valence-electron chi connectivity index (χ0n) is 29.1. The first-order chi connectivity index (χ1) is 24.9. The molecular weight excluding hydrogens is 660 g/mol. The first kappa shape index (κ1) is 35.8. The molecule has 3 heterocycles. The molecule has 3 aromatic carbocycles. The molecule has 0 unspecified atom stereocenters. The van der Waals surface area contributed by atoms with Gasteiger partial charge in [-0.3, -0.25) is 14.7 Å². The molecule has 1 amide bonds. The minimum absolute atomic E-state index is 0.0309. The third-order valence-electron chi connectivity index (χ3n) is 8.80. The van der Waals surface area contributed by atoms with E-state index in [1.54, 1.807) is 30.7 Å². The molecule has 0 bridgehead atoms. The Morgan fingerprint density at radius 1 is 0.804 bits per heavy atom. The number of hydrogen-bond acceptors (Lipinski definition) is 7. The number of piperazine rings is 1. The van der Waals surface area contributed by atoms with Crippen LogP contribution >= 0.6 is 11.6 Å². The lowest BCUT2D eigenvalue weighted by atomic mass is 10.1. The van der Waals surface area contributed by atoms with Gasteiger partial charge in [-0.1, -0.05) is 48.0 Å². The average molecular weight is 703 g/mol.